The molecule has 0 heterocycles. The summed E-state index contributed by atoms with van der Waals surface area (Å²) in [6.07, 6.45) is 1.59. The van der Waals surface area contributed by atoms with Gasteiger partial charge in [-0.2, -0.15) is 0 Å². The van der Waals surface area contributed by atoms with Crippen LogP contribution in [0.15, 0.2) is 47.4 Å². The maximum atomic E-state index is 12.8. The minimum absolute atomic E-state index is 0.00743. The Balaban J connectivity index is 2.08. The molecule has 0 aliphatic rings. The molecule has 0 aliphatic carbocycles. The van der Waals surface area contributed by atoms with Crippen LogP contribution in [-0.2, 0) is 4.79 Å². The molecular weight excluding hydrogens is 366 g/mol. The lowest BCUT2D eigenvalue weighted by atomic mass is 10.0. The van der Waals surface area contributed by atoms with E-state index >= 15 is 0 Å². The second kappa shape index (κ2) is 9.89. The number of rotatable bonds is 8. The quantitative estimate of drug-likeness (QED) is 0.578. The molecule has 0 saturated heterocycles. The fraction of sp³-hybridized carbons (Fsp3) is 0.381. The number of carbonyl (C=O) groups excluding carboxylic acids is 1. The number of ether oxygens (including phenoxy) is 1. The van der Waals surface area contributed by atoms with Gasteiger partial charge in [-0.3, -0.25) is 4.79 Å². The zero-order valence-corrected chi connectivity index (χ0v) is 17.3. The van der Waals surface area contributed by atoms with Crippen molar-refractivity contribution in [1.82, 2.24) is 5.32 Å². The zero-order chi connectivity index (χ0) is 19.1. The van der Waals surface area contributed by atoms with Crippen LogP contribution in [0, 0.1) is 6.92 Å². The summed E-state index contributed by atoms with van der Waals surface area (Å²) < 4.78 is 5.32. The van der Waals surface area contributed by atoms with E-state index in [9.17, 15) is 4.79 Å². The number of hydrogen-bond acceptors (Lipinski definition) is 3. The third-order valence-electron chi connectivity index (χ3n) is 4.30. The highest BCUT2D eigenvalue weighted by Gasteiger charge is 2.21. The van der Waals surface area contributed by atoms with E-state index in [1.54, 1.807) is 18.9 Å². The van der Waals surface area contributed by atoms with E-state index in [1.807, 2.05) is 50.2 Å². The molecule has 2 aromatic rings. The lowest BCUT2D eigenvalue weighted by molar-refractivity contribution is -0.121. The smallest absolute Gasteiger partial charge is 0.233 e. The normalized spacial score (nSPS) is 13.1. The molecule has 2 rings (SSSR count). The van der Waals surface area contributed by atoms with Crippen LogP contribution >= 0.6 is 23.4 Å². The minimum atomic E-state index is -0.135. The number of thioether (sulfide) groups is 1. The summed E-state index contributed by atoms with van der Waals surface area (Å²) in [5.41, 5.74) is 2.17. The van der Waals surface area contributed by atoms with Crippen LogP contribution in [0.5, 0.6) is 5.75 Å². The number of aryl methyl sites for hydroxylation is 1. The van der Waals surface area contributed by atoms with Gasteiger partial charge in [0.1, 0.15) is 5.75 Å². The molecule has 0 aliphatic heterocycles. The van der Waals surface area contributed by atoms with E-state index in [0.29, 0.717) is 5.02 Å². The van der Waals surface area contributed by atoms with Crippen molar-refractivity contribution in [2.45, 2.75) is 49.8 Å². The standard InChI is InChI=1S/C21H26ClNO2S/c1-5-18(15-7-12-19(25-4)14(3)13-15)23-21(24)20(6-2)26-17-10-8-16(22)9-11-17/h7-13,18,20H,5-6H2,1-4H3,(H,23,24)/t18-,20+/m0/s1. The maximum Gasteiger partial charge on any atom is 0.233 e. The summed E-state index contributed by atoms with van der Waals surface area (Å²) in [5, 5.41) is 3.77. The Morgan fingerprint density at radius 1 is 1.15 bits per heavy atom. The number of amides is 1. The Morgan fingerprint density at radius 2 is 1.85 bits per heavy atom. The van der Waals surface area contributed by atoms with E-state index < -0.39 is 0 Å². The van der Waals surface area contributed by atoms with Crippen LogP contribution in [0.1, 0.15) is 43.9 Å². The highest BCUT2D eigenvalue weighted by molar-refractivity contribution is 8.00. The van der Waals surface area contributed by atoms with Gasteiger partial charge in [0.05, 0.1) is 18.4 Å². The SMILES string of the molecule is CC[C@H](NC(=O)[C@@H](CC)Sc1ccc(Cl)cc1)c1ccc(OC)c(C)c1. The van der Waals surface area contributed by atoms with E-state index in [1.165, 1.54) is 0 Å². The van der Waals surface area contributed by atoms with E-state index in [0.717, 1.165) is 34.6 Å². The number of carbonyl (C=O) groups is 1. The van der Waals surface area contributed by atoms with Gasteiger partial charge in [0.15, 0.2) is 0 Å². The lowest BCUT2D eigenvalue weighted by Crippen LogP contribution is -2.35. The number of hydrogen-bond donors (Lipinski definition) is 1. The van der Waals surface area contributed by atoms with Gasteiger partial charge in [-0.25, -0.2) is 0 Å². The van der Waals surface area contributed by atoms with E-state index in [-0.39, 0.29) is 17.2 Å². The summed E-state index contributed by atoms with van der Waals surface area (Å²) in [5.74, 6) is 0.924. The Hall–Kier alpha value is -1.65. The number of nitrogens with one attached hydrogen (secondary N) is 1. The van der Waals surface area contributed by atoms with E-state index in [2.05, 4.69) is 18.3 Å². The predicted molar refractivity (Wildman–Crippen MR) is 110 cm³/mol. The third kappa shape index (κ3) is 5.42. The van der Waals surface area contributed by atoms with Crippen LogP contribution in [0.2, 0.25) is 5.02 Å². The van der Waals surface area contributed by atoms with Crippen molar-refractivity contribution in [2.24, 2.45) is 0 Å². The molecule has 0 unspecified atom stereocenters. The largest absolute Gasteiger partial charge is 0.496 e. The van der Waals surface area contributed by atoms with Gasteiger partial charge >= 0.3 is 0 Å². The molecule has 5 heteroatoms. The first kappa shape index (κ1) is 20.7. The molecule has 2 atom stereocenters. The monoisotopic (exact) mass is 391 g/mol. The van der Waals surface area contributed by atoms with Gasteiger partial charge in [0.2, 0.25) is 5.91 Å². The minimum Gasteiger partial charge on any atom is -0.496 e. The summed E-state index contributed by atoms with van der Waals surface area (Å²) in [7, 11) is 1.67. The van der Waals surface area contributed by atoms with Crippen molar-refractivity contribution in [1.29, 1.82) is 0 Å². The summed E-state index contributed by atoms with van der Waals surface area (Å²) in [6.45, 7) is 6.13. The molecule has 1 amide bonds. The highest BCUT2D eigenvalue weighted by Crippen LogP contribution is 2.29. The van der Waals surface area contributed by atoms with Crippen molar-refractivity contribution in [3.8, 4) is 5.75 Å². The van der Waals surface area contributed by atoms with Crippen molar-refractivity contribution < 1.29 is 9.53 Å². The number of halogens is 1. The number of benzene rings is 2. The Bertz CT molecular complexity index is 733. The van der Waals surface area contributed by atoms with Crippen molar-refractivity contribution in [2.75, 3.05) is 7.11 Å². The van der Waals surface area contributed by atoms with Crippen LogP contribution in [0.3, 0.4) is 0 Å². The van der Waals surface area contributed by atoms with Gasteiger partial charge in [-0.1, -0.05) is 37.6 Å². The van der Waals surface area contributed by atoms with Crippen molar-refractivity contribution in [3.05, 3.63) is 58.6 Å². The predicted octanol–water partition coefficient (Wildman–Crippen LogP) is 5.80. The molecule has 0 radical (unpaired) electrons. The van der Waals surface area contributed by atoms with Gasteiger partial charge < -0.3 is 10.1 Å². The molecule has 140 valence electrons. The zero-order valence-electron chi connectivity index (χ0n) is 15.7. The molecule has 0 bridgehead atoms. The average Bonchev–Trinajstić information content (AvgIpc) is 2.65. The third-order valence-corrected chi connectivity index (χ3v) is 5.93. The molecule has 2 aromatic carbocycles. The Labute approximate surface area is 165 Å². The molecule has 0 fully saturated rings. The molecule has 0 saturated carbocycles. The average molecular weight is 392 g/mol. The lowest BCUT2D eigenvalue weighted by Gasteiger charge is -2.22. The molecule has 0 spiro atoms. The van der Waals surface area contributed by atoms with Crippen LogP contribution in [-0.4, -0.2) is 18.3 Å². The molecule has 0 aromatic heterocycles. The maximum absolute atomic E-state index is 12.8. The molecular formula is C21H26ClNO2S. The number of methoxy groups -OCH3 is 1. The topological polar surface area (TPSA) is 38.3 Å². The van der Waals surface area contributed by atoms with Crippen LogP contribution < -0.4 is 10.1 Å². The Kier molecular flexibility index (Phi) is 7.85. The second-order valence-corrected chi connectivity index (χ2v) is 7.88. The van der Waals surface area contributed by atoms with Crippen LogP contribution in [0.4, 0.5) is 0 Å². The van der Waals surface area contributed by atoms with Crippen molar-refractivity contribution >= 4 is 29.3 Å². The summed E-state index contributed by atoms with van der Waals surface area (Å²) >= 11 is 7.51. The van der Waals surface area contributed by atoms with Crippen molar-refractivity contribution in [3.63, 3.8) is 0 Å². The van der Waals surface area contributed by atoms with E-state index in [4.69, 9.17) is 16.3 Å². The molecule has 3 nitrogen and oxygen atoms in total. The summed E-state index contributed by atoms with van der Waals surface area (Å²) in [6, 6.07) is 13.7. The first-order valence-corrected chi connectivity index (χ1v) is 10.1. The van der Waals surface area contributed by atoms with Gasteiger partial charge in [-0.15, -0.1) is 11.8 Å². The van der Waals surface area contributed by atoms with Gasteiger partial charge in [0.25, 0.3) is 0 Å². The second-order valence-electron chi connectivity index (χ2n) is 6.17. The fourth-order valence-corrected chi connectivity index (χ4v) is 3.89. The highest BCUT2D eigenvalue weighted by atomic mass is 35.5. The molecule has 26 heavy (non-hydrogen) atoms. The van der Waals surface area contributed by atoms with Crippen LogP contribution in [0.25, 0.3) is 0 Å². The Morgan fingerprint density at radius 3 is 2.38 bits per heavy atom. The first-order valence-electron chi connectivity index (χ1n) is 8.85. The van der Waals surface area contributed by atoms with Gasteiger partial charge in [-0.05, 0) is 61.2 Å². The molecule has 1 N–H and O–H groups in total. The van der Waals surface area contributed by atoms with Gasteiger partial charge in [0, 0.05) is 9.92 Å². The first-order chi connectivity index (χ1) is 12.5. The fourth-order valence-electron chi connectivity index (χ4n) is 2.80. The summed E-state index contributed by atoms with van der Waals surface area (Å²) in [4.78, 5) is 13.9.